The Morgan fingerprint density at radius 3 is 2.79 bits per heavy atom. The van der Waals surface area contributed by atoms with Crippen LogP contribution in [0.25, 0.3) is 0 Å². The Bertz CT molecular complexity index is 372. The van der Waals surface area contributed by atoms with Crippen molar-refractivity contribution < 1.29 is 0 Å². The van der Waals surface area contributed by atoms with E-state index in [4.69, 9.17) is 5.73 Å². The molecule has 1 aliphatic heterocycles. The largest absolute Gasteiger partial charge is 0.330 e. The van der Waals surface area contributed by atoms with Gasteiger partial charge in [-0.25, -0.2) is 0 Å². The molecule has 1 aromatic heterocycles. The van der Waals surface area contributed by atoms with Gasteiger partial charge in [-0.1, -0.05) is 13.8 Å². The number of nitrogens with two attached hydrogens (primary N) is 1. The molecule has 0 radical (unpaired) electrons. The third-order valence-corrected chi connectivity index (χ3v) is 4.12. The Hall–Kier alpha value is -0.870. The Morgan fingerprint density at radius 1 is 1.32 bits per heavy atom. The van der Waals surface area contributed by atoms with E-state index in [0.717, 1.165) is 19.5 Å². The van der Waals surface area contributed by atoms with Gasteiger partial charge in [0, 0.05) is 24.3 Å². The van der Waals surface area contributed by atoms with E-state index in [1.165, 1.54) is 37.9 Å². The lowest BCUT2D eigenvalue weighted by Gasteiger charge is -2.40. The van der Waals surface area contributed by atoms with Crippen LogP contribution in [0, 0.1) is 5.92 Å². The number of rotatable bonds is 6. The van der Waals surface area contributed by atoms with Crippen molar-refractivity contribution in [2.45, 2.75) is 52.1 Å². The van der Waals surface area contributed by atoms with Gasteiger partial charge in [0.05, 0.1) is 6.20 Å². The van der Waals surface area contributed by atoms with Crippen LogP contribution < -0.4 is 5.73 Å². The van der Waals surface area contributed by atoms with E-state index in [1.54, 1.807) is 0 Å². The number of aryl methyl sites for hydroxylation is 1. The molecule has 2 atom stereocenters. The van der Waals surface area contributed by atoms with Crippen LogP contribution in [0.15, 0.2) is 12.4 Å². The van der Waals surface area contributed by atoms with E-state index in [0.29, 0.717) is 12.0 Å². The first-order valence-electron chi connectivity index (χ1n) is 7.76. The number of likely N-dealkylation sites (tertiary alicyclic amines) is 1. The van der Waals surface area contributed by atoms with Crippen molar-refractivity contribution in [3.05, 3.63) is 18.0 Å². The van der Waals surface area contributed by atoms with Gasteiger partial charge < -0.3 is 5.73 Å². The van der Waals surface area contributed by atoms with Crippen molar-refractivity contribution in [2.75, 3.05) is 19.6 Å². The molecule has 1 aromatic rings. The second kappa shape index (κ2) is 7.06. The predicted molar refractivity (Wildman–Crippen MR) is 78.9 cm³/mol. The summed E-state index contributed by atoms with van der Waals surface area (Å²) in [7, 11) is 0. The summed E-state index contributed by atoms with van der Waals surface area (Å²) in [5, 5.41) is 4.49. The fourth-order valence-electron chi connectivity index (χ4n) is 3.30. The normalized spacial score (nSPS) is 24.8. The predicted octanol–water partition coefficient (Wildman–Crippen LogP) is 2.41. The summed E-state index contributed by atoms with van der Waals surface area (Å²) in [6.45, 7) is 8.60. The molecule has 1 aliphatic rings. The molecule has 1 fully saturated rings. The van der Waals surface area contributed by atoms with E-state index in [-0.39, 0.29) is 0 Å². The van der Waals surface area contributed by atoms with Crippen molar-refractivity contribution >= 4 is 0 Å². The molecule has 0 aromatic carbocycles. The average molecular weight is 264 g/mol. The lowest BCUT2D eigenvalue weighted by molar-refractivity contribution is 0.0960. The third kappa shape index (κ3) is 3.37. The molecule has 0 bridgehead atoms. The molecule has 0 spiro atoms. The lowest BCUT2D eigenvalue weighted by Crippen LogP contribution is -2.41. The molecule has 2 heterocycles. The summed E-state index contributed by atoms with van der Waals surface area (Å²) in [6.07, 6.45) is 9.14. The van der Waals surface area contributed by atoms with Gasteiger partial charge in [-0.15, -0.1) is 0 Å². The minimum absolute atomic E-state index is 0.476. The highest BCUT2D eigenvalue weighted by Crippen LogP contribution is 2.35. The molecule has 4 nitrogen and oxygen atoms in total. The highest BCUT2D eigenvalue weighted by Gasteiger charge is 2.32. The minimum Gasteiger partial charge on any atom is -0.330 e. The van der Waals surface area contributed by atoms with Crippen molar-refractivity contribution in [1.82, 2.24) is 14.7 Å². The molecule has 19 heavy (non-hydrogen) atoms. The molecule has 4 heteroatoms. The molecule has 108 valence electrons. The van der Waals surface area contributed by atoms with Crippen LogP contribution in [0.3, 0.4) is 0 Å². The summed E-state index contributed by atoms with van der Waals surface area (Å²) < 4.78 is 2.07. The maximum atomic E-state index is 6.00. The minimum atomic E-state index is 0.476. The molecule has 0 aliphatic carbocycles. The maximum absolute atomic E-state index is 6.00. The molecular formula is C15H28N4. The van der Waals surface area contributed by atoms with E-state index in [2.05, 4.69) is 40.9 Å². The van der Waals surface area contributed by atoms with Crippen molar-refractivity contribution in [1.29, 1.82) is 0 Å². The molecular weight excluding hydrogens is 236 g/mol. The average Bonchev–Trinajstić information content (AvgIpc) is 2.87. The first-order chi connectivity index (χ1) is 9.30. The molecule has 2 unspecified atom stereocenters. The zero-order valence-corrected chi connectivity index (χ0v) is 12.4. The van der Waals surface area contributed by atoms with Crippen molar-refractivity contribution in [3.8, 4) is 0 Å². The van der Waals surface area contributed by atoms with Gasteiger partial charge in [0.15, 0.2) is 0 Å². The smallest absolute Gasteiger partial charge is 0.0537 e. The van der Waals surface area contributed by atoms with Crippen LogP contribution in [0.5, 0.6) is 0 Å². The van der Waals surface area contributed by atoms with Gasteiger partial charge >= 0.3 is 0 Å². The first kappa shape index (κ1) is 14.5. The number of hydrogen-bond donors (Lipinski definition) is 1. The van der Waals surface area contributed by atoms with Crippen LogP contribution in [-0.2, 0) is 6.54 Å². The van der Waals surface area contributed by atoms with Crippen molar-refractivity contribution in [3.63, 3.8) is 0 Å². The van der Waals surface area contributed by atoms with Gasteiger partial charge in [0.1, 0.15) is 0 Å². The second-order valence-electron chi connectivity index (χ2n) is 5.66. The Kier molecular flexibility index (Phi) is 5.40. The molecule has 2 rings (SSSR count). The van der Waals surface area contributed by atoms with Crippen molar-refractivity contribution in [2.24, 2.45) is 11.7 Å². The third-order valence-electron chi connectivity index (χ3n) is 4.12. The quantitative estimate of drug-likeness (QED) is 0.858. The van der Waals surface area contributed by atoms with Crippen LogP contribution in [0.1, 0.15) is 51.1 Å². The van der Waals surface area contributed by atoms with E-state index >= 15 is 0 Å². The van der Waals surface area contributed by atoms with Crippen LogP contribution in [0.4, 0.5) is 0 Å². The fourth-order valence-corrected chi connectivity index (χ4v) is 3.30. The van der Waals surface area contributed by atoms with E-state index < -0.39 is 0 Å². The SMILES string of the molecule is CCCN1CCCC(CN)C1c1cnn(CCC)c1. The number of piperidine rings is 1. The van der Waals surface area contributed by atoms with Crippen LogP contribution in [-0.4, -0.2) is 34.3 Å². The van der Waals surface area contributed by atoms with Gasteiger partial charge in [-0.05, 0) is 51.2 Å². The van der Waals surface area contributed by atoms with Gasteiger partial charge in [-0.3, -0.25) is 9.58 Å². The molecule has 0 amide bonds. The summed E-state index contributed by atoms with van der Waals surface area (Å²) in [5.41, 5.74) is 7.36. The number of hydrogen-bond acceptors (Lipinski definition) is 3. The van der Waals surface area contributed by atoms with Crippen LogP contribution >= 0.6 is 0 Å². The van der Waals surface area contributed by atoms with Gasteiger partial charge in [0.2, 0.25) is 0 Å². The molecule has 1 saturated heterocycles. The molecule has 0 saturated carbocycles. The summed E-state index contributed by atoms with van der Waals surface area (Å²) >= 11 is 0. The van der Waals surface area contributed by atoms with E-state index in [9.17, 15) is 0 Å². The summed E-state index contributed by atoms with van der Waals surface area (Å²) in [4.78, 5) is 2.61. The topological polar surface area (TPSA) is 47.1 Å². The fraction of sp³-hybridized carbons (Fsp3) is 0.800. The molecule has 2 N–H and O–H groups in total. The monoisotopic (exact) mass is 264 g/mol. The highest BCUT2D eigenvalue weighted by atomic mass is 15.3. The maximum Gasteiger partial charge on any atom is 0.0537 e. The second-order valence-corrected chi connectivity index (χ2v) is 5.66. The Morgan fingerprint density at radius 2 is 2.11 bits per heavy atom. The standard InChI is InChI=1S/C15H28N4/c1-3-7-18-9-5-6-13(10-16)15(18)14-11-17-19(12-14)8-4-2/h11-13,15H,3-10,16H2,1-2H3. The highest BCUT2D eigenvalue weighted by molar-refractivity contribution is 5.13. The zero-order chi connectivity index (χ0) is 13.7. The summed E-state index contributed by atoms with van der Waals surface area (Å²) in [6, 6.07) is 0.476. The number of aromatic nitrogens is 2. The zero-order valence-electron chi connectivity index (χ0n) is 12.4. The first-order valence-corrected chi connectivity index (χ1v) is 7.76. The van der Waals surface area contributed by atoms with Crippen LogP contribution in [0.2, 0.25) is 0 Å². The van der Waals surface area contributed by atoms with Gasteiger partial charge in [0.25, 0.3) is 0 Å². The Labute approximate surface area is 117 Å². The summed E-state index contributed by atoms with van der Waals surface area (Å²) in [5.74, 6) is 0.583. The van der Waals surface area contributed by atoms with E-state index in [1.807, 2.05) is 0 Å². The number of nitrogens with zero attached hydrogens (tertiary/aromatic N) is 3. The van der Waals surface area contributed by atoms with Gasteiger partial charge in [-0.2, -0.15) is 5.10 Å². The Balaban J connectivity index is 2.18. The lowest BCUT2D eigenvalue weighted by atomic mass is 9.86.